The number of aromatic nitrogens is 5. The minimum Gasteiger partial charge on any atom is -0.276 e. The van der Waals surface area contributed by atoms with Crippen LogP contribution in [0.5, 0.6) is 0 Å². The molecule has 2 aromatic heterocycles. The first-order chi connectivity index (χ1) is 10.1. The van der Waals surface area contributed by atoms with E-state index in [1.54, 1.807) is 10.9 Å². The van der Waals surface area contributed by atoms with Crippen molar-refractivity contribution in [2.24, 2.45) is 7.05 Å². The predicted molar refractivity (Wildman–Crippen MR) is 74.5 cm³/mol. The number of halogens is 2. The quantitative estimate of drug-likeness (QED) is 0.753. The third-order valence-corrected chi connectivity index (χ3v) is 3.65. The van der Waals surface area contributed by atoms with E-state index in [2.05, 4.69) is 20.3 Å². The van der Waals surface area contributed by atoms with Crippen LogP contribution in [0.4, 0.5) is 8.78 Å². The first-order valence-electron chi connectivity index (χ1n) is 6.09. The lowest BCUT2D eigenvalue weighted by molar-refractivity contribution is 0.584. The van der Waals surface area contributed by atoms with Crippen LogP contribution in [0.1, 0.15) is 5.56 Å². The summed E-state index contributed by atoms with van der Waals surface area (Å²) in [6.45, 7) is 0. The molecule has 0 radical (unpaired) electrons. The fraction of sp³-hybridized carbons (Fsp3) is 0.154. The van der Waals surface area contributed by atoms with E-state index < -0.39 is 11.6 Å². The summed E-state index contributed by atoms with van der Waals surface area (Å²) < 4.78 is 28.1. The van der Waals surface area contributed by atoms with E-state index in [0.29, 0.717) is 22.3 Å². The second-order valence-electron chi connectivity index (χ2n) is 4.44. The molecule has 0 saturated heterocycles. The van der Waals surface area contributed by atoms with Crippen LogP contribution in [0.3, 0.4) is 0 Å². The lowest BCUT2D eigenvalue weighted by atomic mass is 10.2. The van der Waals surface area contributed by atoms with E-state index in [-0.39, 0.29) is 0 Å². The molecule has 0 aliphatic rings. The highest BCUT2D eigenvalue weighted by Crippen LogP contribution is 2.23. The first-order valence-corrected chi connectivity index (χ1v) is 7.08. The lowest BCUT2D eigenvalue weighted by Gasteiger charge is -1.97. The second kappa shape index (κ2) is 5.65. The maximum atomic E-state index is 13.2. The number of aryl methyl sites for hydroxylation is 1. The fourth-order valence-corrected chi connectivity index (χ4v) is 2.54. The summed E-state index contributed by atoms with van der Waals surface area (Å²) in [5.41, 5.74) is 1.37. The Labute approximate surface area is 123 Å². The van der Waals surface area contributed by atoms with Crippen LogP contribution in [-0.4, -0.2) is 25.0 Å². The normalized spacial score (nSPS) is 11.0. The monoisotopic (exact) mass is 307 g/mol. The van der Waals surface area contributed by atoms with Crippen molar-refractivity contribution in [3.63, 3.8) is 0 Å². The average Bonchev–Trinajstić information content (AvgIpc) is 3.04. The van der Waals surface area contributed by atoms with E-state index in [0.717, 1.165) is 11.6 Å². The van der Waals surface area contributed by atoms with Crippen LogP contribution in [0.25, 0.3) is 11.4 Å². The molecule has 2 heterocycles. The van der Waals surface area contributed by atoms with Crippen LogP contribution in [0.2, 0.25) is 0 Å². The van der Waals surface area contributed by atoms with Gasteiger partial charge in [0.05, 0.1) is 6.20 Å². The zero-order chi connectivity index (χ0) is 14.8. The maximum Gasteiger partial charge on any atom is 0.209 e. The van der Waals surface area contributed by atoms with Crippen molar-refractivity contribution in [3.05, 3.63) is 47.8 Å². The number of nitrogens with zero attached hydrogens (tertiary/aromatic N) is 4. The molecule has 0 bridgehead atoms. The van der Waals surface area contributed by atoms with Gasteiger partial charge in [-0.15, -0.1) is 5.10 Å². The third-order valence-electron chi connectivity index (χ3n) is 2.73. The lowest BCUT2D eigenvalue weighted by Crippen LogP contribution is -1.86. The molecule has 108 valence electrons. The first kappa shape index (κ1) is 13.7. The summed E-state index contributed by atoms with van der Waals surface area (Å²) in [5.74, 6) is -0.290. The van der Waals surface area contributed by atoms with Crippen molar-refractivity contribution < 1.29 is 8.78 Å². The van der Waals surface area contributed by atoms with E-state index in [1.165, 1.54) is 23.9 Å². The van der Waals surface area contributed by atoms with Gasteiger partial charge in [0, 0.05) is 36.2 Å². The number of thioether (sulfide) groups is 1. The molecule has 0 spiro atoms. The molecule has 1 N–H and O–H groups in total. The average molecular weight is 307 g/mol. The number of benzene rings is 1. The van der Waals surface area contributed by atoms with Crippen molar-refractivity contribution in [3.8, 4) is 11.4 Å². The Morgan fingerprint density at radius 3 is 2.67 bits per heavy atom. The number of nitrogens with one attached hydrogen (secondary N) is 1. The number of aromatic amines is 1. The summed E-state index contributed by atoms with van der Waals surface area (Å²) >= 11 is 1.42. The Balaban J connectivity index is 1.73. The largest absolute Gasteiger partial charge is 0.276 e. The van der Waals surface area contributed by atoms with Gasteiger partial charge in [0.15, 0.2) is 5.82 Å². The molecule has 21 heavy (non-hydrogen) atoms. The van der Waals surface area contributed by atoms with E-state index in [9.17, 15) is 8.78 Å². The molecule has 0 unspecified atom stereocenters. The molecule has 0 saturated carbocycles. The molecule has 0 amide bonds. The molecule has 8 heteroatoms. The highest BCUT2D eigenvalue weighted by atomic mass is 32.2. The Bertz CT molecular complexity index is 747. The summed E-state index contributed by atoms with van der Waals surface area (Å²) in [4.78, 5) is 4.22. The van der Waals surface area contributed by atoms with Gasteiger partial charge in [-0.1, -0.05) is 11.8 Å². The molecule has 0 fully saturated rings. The molecule has 3 rings (SSSR count). The molecule has 3 aromatic rings. The van der Waals surface area contributed by atoms with Gasteiger partial charge in [0.25, 0.3) is 0 Å². The van der Waals surface area contributed by atoms with Crippen LogP contribution in [0.15, 0.2) is 35.7 Å². The Morgan fingerprint density at radius 2 is 2.00 bits per heavy atom. The zero-order valence-corrected chi connectivity index (χ0v) is 11.9. The fourth-order valence-electron chi connectivity index (χ4n) is 1.82. The van der Waals surface area contributed by atoms with Crippen LogP contribution in [-0.2, 0) is 12.8 Å². The van der Waals surface area contributed by atoms with Gasteiger partial charge in [-0.25, -0.2) is 13.8 Å². The second-order valence-corrected chi connectivity index (χ2v) is 5.38. The van der Waals surface area contributed by atoms with Gasteiger partial charge in [0.1, 0.15) is 11.6 Å². The van der Waals surface area contributed by atoms with Crippen LogP contribution < -0.4 is 0 Å². The zero-order valence-electron chi connectivity index (χ0n) is 11.0. The van der Waals surface area contributed by atoms with Gasteiger partial charge in [0.2, 0.25) is 5.16 Å². The third kappa shape index (κ3) is 3.27. The topological polar surface area (TPSA) is 59.4 Å². The van der Waals surface area contributed by atoms with Crippen LogP contribution >= 0.6 is 11.8 Å². The SMILES string of the molecule is Cn1cc(CSc2n[nH]c(-c3cc(F)cc(F)c3)n2)cn1. The molecule has 1 aromatic carbocycles. The smallest absolute Gasteiger partial charge is 0.209 e. The molecule has 0 aliphatic heterocycles. The number of H-pyrrole nitrogens is 1. The minimum absolute atomic E-state index is 0.327. The van der Waals surface area contributed by atoms with Crippen molar-refractivity contribution in [1.29, 1.82) is 0 Å². The molecule has 5 nitrogen and oxygen atoms in total. The van der Waals surface area contributed by atoms with E-state index >= 15 is 0 Å². The molecular weight excluding hydrogens is 296 g/mol. The number of hydrogen-bond donors (Lipinski definition) is 1. The summed E-state index contributed by atoms with van der Waals surface area (Å²) in [5, 5.41) is 11.3. The van der Waals surface area contributed by atoms with Gasteiger partial charge in [-0.2, -0.15) is 5.10 Å². The van der Waals surface area contributed by atoms with Crippen LogP contribution in [0, 0.1) is 11.6 Å². The van der Waals surface area contributed by atoms with E-state index in [4.69, 9.17) is 0 Å². The highest BCUT2D eigenvalue weighted by Gasteiger charge is 2.09. The molecule has 0 atom stereocenters. The standard InChI is InChI=1S/C13H11F2N5S/c1-20-6-8(5-16-20)7-21-13-17-12(18-19-13)9-2-10(14)4-11(15)3-9/h2-6H,7H2,1H3,(H,17,18,19). The maximum absolute atomic E-state index is 13.2. The Kier molecular flexibility index (Phi) is 3.70. The van der Waals surface area contributed by atoms with Crippen molar-refractivity contribution >= 4 is 11.8 Å². The van der Waals surface area contributed by atoms with Gasteiger partial charge in [-0.05, 0) is 12.1 Å². The van der Waals surface area contributed by atoms with E-state index in [1.807, 2.05) is 13.2 Å². The predicted octanol–water partition coefficient (Wildman–Crippen LogP) is 2.78. The Hall–Kier alpha value is -2.22. The minimum atomic E-state index is -0.647. The van der Waals surface area contributed by atoms with Crippen molar-refractivity contribution in [2.75, 3.05) is 0 Å². The molecular formula is C13H11F2N5S. The summed E-state index contributed by atoms with van der Waals surface area (Å²) in [6.07, 6.45) is 3.67. The summed E-state index contributed by atoms with van der Waals surface area (Å²) in [7, 11) is 1.84. The van der Waals surface area contributed by atoms with Gasteiger partial charge < -0.3 is 0 Å². The van der Waals surface area contributed by atoms with Crippen molar-refractivity contribution in [2.45, 2.75) is 10.9 Å². The highest BCUT2D eigenvalue weighted by molar-refractivity contribution is 7.98. The van der Waals surface area contributed by atoms with Crippen molar-refractivity contribution in [1.82, 2.24) is 25.0 Å². The van der Waals surface area contributed by atoms with Gasteiger partial charge >= 0.3 is 0 Å². The summed E-state index contributed by atoms with van der Waals surface area (Å²) in [6, 6.07) is 3.23. The number of rotatable bonds is 4. The Morgan fingerprint density at radius 1 is 1.24 bits per heavy atom. The number of hydrogen-bond acceptors (Lipinski definition) is 4. The van der Waals surface area contributed by atoms with Gasteiger partial charge in [-0.3, -0.25) is 9.78 Å². The molecule has 0 aliphatic carbocycles.